The SMILES string of the molecule is CC(=O)N(c1ccc(C(F)(F)F)cc1)N(C(C)=O)c1ccc(C(F)(F)F)cc1. The number of anilines is 2. The number of hydrazine groups is 1. The summed E-state index contributed by atoms with van der Waals surface area (Å²) in [6, 6.07) is 6.89. The maximum Gasteiger partial charge on any atom is 0.416 e. The molecule has 0 aromatic heterocycles. The Labute approximate surface area is 155 Å². The molecule has 0 unspecified atom stereocenters. The van der Waals surface area contributed by atoms with Crippen LogP contribution in [0.2, 0.25) is 0 Å². The van der Waals surface area contributed by atoms with Crippen molar-refractivity contribution in [1.82, 2.24) is 0 Å². The van der Waals surface area contributed by atoms with Crippen LogP contribution in [0.5, 0.6) is 0 Å². The first-order chi connectivity index (χ1) is 12.8. The maximum atomic E-state index is 12.7. The van der Waals surface area contributed by atoms with Crippen LogP contribution in [0.3, 0.4) is 0 Å². The van der Waals surface area contributed by atoms with Gasteiger partial charge in [-0.1, -0.05) is 0 Å². The van der Waals surface area contributed by atoms with E-state index in [1.807, 2.05) is 0 Å². The number of halogens is 6. The number of rotatable bonds is 2. The van der Waals surface area contributed by atoms with E-state index in [1.54, 1.807) is 0 Å². The first-order valence-corrected chi connectivity index (χ1v) is 7.78. The molecule has 0 atom stereocenters. The van der Waals surface area contributed by atoms with Crippen LogP contribution in [0, 0.1) is 0 Å². The fraction of sp³-hybridized carbons (Fsp3) is 0.222. The highest BCUT2D eigenvalue weighted by atomic mass is 19.4. The number of alkyl halides is 6. The molecule has 4 nitrogen and oxygen atoms in total. The number of benzene rings is 2. The van der Waals surface area contributed by atoms with Gasteiger partial charge in [-0.05, 0) is 48.5 Å². The summed E-state index contributed by atoms with van der Waals surface area (Å²) in [6.45, 7) is 2.13. The quantitative estimate of drug-likeness (QED) is 0.520. The van der Waals surface area contributed by atoms with Crippen LogP contribution in [-0.2, 0) is 21.9 Å². The third kappa shape index (κ3) is 4.62. The van der Waals surface area contributed by atoms with Crippen molar-refractivity contribution >= 4 is 23.2 Å². The second-order valence-corrected chi connectivity index (χ2v) is 5.75. The highest BCUT2D eigenvalue weighted by Crippen LogP contribution is 2.33. The molecule has 150 valence electrons. The van der Waals surface area contributed by atoms with Crippen molar-refractivity contribution in [2.75, 3.05) is 10.0 Å². The van der Waals surface area contributed by atoms with Gasteiger partial charge in [-0.3, -0.25) is 9.59 Å². The fourth-order valence-electron chi connectivity index (χ4n) is 2.46. The Morgan fingerprint density at radius 2 is 0.857 bits per heavy atom. The van der Waals surface area contributed by atoms with Crippen LogP contribution in [0.25, 0.3) is 0 Å². The molecule has 0 fully saturated rings. The van der Waals surface area contributed by atoms with E-state index in [4.69, 9.17) is 0 Å². The molecule has 10 heteroatoms. The Morgan fingerprint density at radius 1 is 0.607 bits per heavy atom. The van der Waals surface area contributed by atoms with E-state index in [-0.39, 0.29) is 11.4 Å². The molecular weight excluding hydrogens is 390 g/mol. The van der Waals surface area contributed by atoms with Crippen molar-refractivity contribution in [3.05, 3.63) is 59.7 Å². The largest absolute Gasteiger partial charge is 0.416 e. The van der Waals surface area contributed by atoms with Crippen molar-refractivity contribution in [3.63, 3.8) is 0 Å². The molecule has 2 amide bonds. The molecule has 0 heterocycles. The fourth-order valence-corrected chi connectivity index (χ4v) is 2.46. The van der Waals surface area contributed by atoms with Gasteiger partial charge in [0.15, 0.2) is 0 Å². The van der Waals surface area contributed by atoms with E-state index in [1.165, 1.54) is 0 Å². The Bertz CT molecular complexity index is 784. The van der Waals surface area contributed by atoms with E-state index in [9.17, 15) is 35.9 Å². The van der Waals surface area contributed by atoms with Crippen LogP contribution < -0.4 is 10.0 Å². The van der Waals surface area contributed by atoms with Crippen LogP contribution in [0.1, 0.15) is 25.0 Å². The average Bonchev–Trinajstić information content (AvgIpc) is 2.57. The second kappa shape index (κ2) is 7.53. The van der Waals surface area contributed by atoms with Gasteiger partial charge >= 0.3 is 12.4 Å². The number of carbonyl (C=O) groups is 2. The molecule has 2 aromatic rings. The smallest absolute Gasteiger partial charge is 0.273 e. The molecule has 0 aliphatic carbocycles. The zero-order chi connectivity index (χ0) is 21.3. The van der Waals surface area contributed by atoms with Gasteiger partial charge in [0, 0.05) is 13.8 Å². The van der Waals surface area contributed by atoms with Crippen LogP contribution >= 0.6 is 0 Å². The van der Waals surface area contributed by atoms with E-state index in [2.05, 4.69) is 0 Å². The number of carbonyl (C=O) groups excluding carboxylic acids is 2. The summed E-state index contributed by atoms with van der Waals surface area (Å²) in [5.74, 6) is -1.45. The van der Waals surface area contributed by atoms with Crippen LogP contribution in [0.15, 0.2) is 48.5 Å². The lowest BCUT2D eigenvalue weighted by atomic mass is 10.2. The lowest BCUT2D eigenvalue weighted by Crippen LogP contribution is -2.49. The Hall–Kier alpha value is -3.04. The molecule has 0 aliphatic rings. The minimum absolute atomic E-state index is 0.0596. The summed E-state index contributed by atoms with van der Waals surface area (Å²) >= 11 is 0. The number of hydrogen-bond donors (Lipinski definition) is 0. The van der Waals surface area contributed by atoms with Crippen LogP contribution in [-0.4, -0.2) is 11.8 Å². The highest BCUT2D eigenvalue weighted by molar-refractivity contribution is 6.04. The highest BCUT2D eigenvalue weighted by Gasteiger charge is 2.33. The average molecular weight is 404 g/mol. The van der Waals surface area contributed by atoms with Gasteiger partial charge in [-0.15, -0.1) is 0 Å². The van der Waals surface area contributed by atoms with Gasteiger partial charge in [0.1, 0.15) is 0 Å². The molecule has 0 saturated carbocycles. The molecule has 2 rings (SSSR count). The number of nitrogens with zero attached hydrogens (tertiary/aromatic N) is 2. The van der Waals surface area contributed by atoms with Gasteiger partial charge in [-0.2, -0.15) is 26.3 Å². The van der Waals surface area contributed by atoms with Gasteiger partial charge in [-0.25, -0.2) is 10.0 Å². The summed E-state index contributed by atoms with van der Waals surface area (Å²) < 4.78 is 76.4. The summed E-state index contributed by atoms with van der Waals surface area (Å²) in [4.78, 5) is 24.2. The predicted octanol–water partition coefficient (Wildman–Crippen LogP) is 5.05. The molecular formula is C18H14F6N2O2. The Balaban J connectivity index is 2.48. The minimum atomic E-state index is -4.59. The zero-order valence-electron chi connectivity index (χ0n) is 14.6. The zero-order valence-corrected chi connectivity index (χ0v) is 14.6. The standard InChI is InChI=1S/C18H14F6N2O2/c1-11(27)25(15-7-3-13(4-8-15)17(19,20)21)26(12(2)28)16-9-5-14(6-10-16)18(22,23)24/h3-10H,1-2H3. The van der Waals surface area contributed by atoms with Gasteiger partial charge < -0.3 is 0 Å². The van der Waals surface area contributed by atoms with Gasteiger partial charge in [0.25, 0.3) is 0 Å². The molecule has 0 bridgehead atoms. The van der Waals surface area contributed by atoms with Gasteiger partial charge in [0.05, 0.1) is 22.5 Å². The van der Waals surface area contributed by atoms with E-state index in [0.717, 1.165) is 72.4 Å². The monoisotopic (exact) mass is 404 g/mol. The lowest BCUT2D eigenvalue weighted by molar-refractivity contribution is -0.138. The number of amides is 2. The molecule has 0 saturated heterocycles. The molecule has 0 N–H and O–H groups in total. The normalized spacial score (nSPS) is 11.9. The molecule has 0 spiro atoms. The Kier molecular flexibility index (Phi) is 5.72. The summed E-state index contributed by atoms with van der Waals surface area (Å²) in [5, 5.41) is 1.57. The van der Waals surface area contributed by atoms with Gasteiger partial charge in [0.2, 0.25) is 11.8 Å². The summed E-state index contributed by atoms with van der Waals surface area (Å²) in [6.07, 6.45) is -9.18. The summed E-state index contributed by atoms with van der Waals surface area (Å²) in [7, 11) is 0. The third-order valence-electron chi connectivity index (χ3n) is 3.67. The van der Waals surface area contributed by atoms with Crippen molar-refractivity contribution < 1.29 is 35.9 Å². The lowest BCUT2D eigenvalue weighted by Gasteiger charge is -2.33. The van der Waals surface area contributed by atoms with Crippen molar-refractivity contribution in [2.24, 2.45) is 0 Å². The summed E-state index contributed by atoms with van der Waals surface area (Å²) in [5.41, 5.74) is -2.03. The Morgan fingerprint density at radius 3 is 1.04 bits per heavy atom. The van der Waals surface area contributed by atoms with E-state index < -0.39 is 35.3 Å². The van der Waals surface area contributed by atoms with Crippen molar-refractivity contribution in [2.45, 2.75) is 26.2 Å². The second-order valence-electron chi connectivity index (χ2n) is 5.75. The van der Waals surface area contributed by atoms with E-state index in [0.29, 0.717) is 0 Å². The first kappa shape index (κ1) is 21.3. The van der Waals surface area contributed by atoms with Crippen molar-refractivity contribution in [1.29, 1.82) is 0 Å². The molecule has 28 heavy (non-hydrogen) atoms. The molecule has 0 aliphatic heterocycles. The van der Waals surface area contributed by atoms with Crippen LogP contribution in [0.4, 0.5) is 37.7 Å². The topological polar surface area (TPSA) is 40.6 Å². The number of hydrogen-bond acceptors (Lipinski definition) is 2. The maximum absolute atomic E-state index is 12.7. The predicted molar refractivity (Wildman–Crippen MR) is 89.2 cm³/mol. The van der Waals surface area contributed by atoms with Crippen molar-refractivity contribution in [3.8, 4) is 0 Å². The van der Waals surface area contributed by atoms with E-state index >= 15 is 0 Å². The molecule has 0 radical (unpaired) electrons. The third-order valence-corrected chi connectivity index (χ3v) is 3.67. The minimum Gasteiger partial charge on any atom is -0.273 e. The molecule has 2 aromatic carbocycles. The first-order valence-electron chi connectivity index (χ1n) is 7.78.